The minimum Gasteiger partial charge on any atom is -0.356 e. The van der Waals surface area contributed by atoms with Gasteiger partial charge >= 0.3 is 0 Å². The Morgan fingerprint density at radius 2 is 1.84 bits per heavy atom. The van der Waals surface area contributed by atoms with Gasteiger partial charge < -0.3 is 20.4 Å². The number of halogens is 2. The third-order valence-corrected chi connectivity index (χ3v) is 5.98. The number of amides is 1. The van der Waals surface area contributed by atoms with Crippen LogP contribution >= 0.6 is 0 Å². The highest BCUT2D eigenvalue weighted by molar-refractivity contribution is 6.08. The summed E-state index contributed by atoms with van der Waals surface area (Å²) >= 11 is 0. The number of hydrogen-bond acceptors (Lipinski definition) is 6. The summed E-state index contributed by atoms with van der Waals surface area (Å²) in [7, 11) is 0. The van der Waals surface area contributed by atoms with Crippen LogP contribution < -0.4 is 20.4 Å². The number of anilines is 3. The Labute approximate surface area is 187 Å². The van der Waals surface area contributed by atoms with Crippen LogP contribution in [0.4, 0.5) is 26.2 Å². The van der Waals surface area contributed by atoms with Crippen molar-refractivity contribution in [3.63, 3.8) is 0 Å². The van der Waals surface area contributed by atoms with E-state index in [1.165, 1.54) is 0 Å². The van der Waals surface area contributed by atoms with Gasteiger partial charge in [0, 0.05) is 57.8 Å². The van der Waals surface area contributed by atoms with Crippen molar-refractivity contribution in [2.45, 2.75) is 39.0 Å². The first kappa shape index (κ1) is 22.4. The second-order valence-corrected chi connectivity index (χ2v) is 8.56. The van der Waals surface area contributed by atoms with Crippen LogP contribution in [0.1, 0.15) is 40.9 Å². The van der Waals surface area contributed by atoms with Gasteiger partial charge in [0.05, 0.1) is 5.69 Å². The van der Waals surface area contributed by atoms with Gasteiger partial charge in [-0.2, -0.15) is 4.98 Å². The lowest BCUT2D eigenvalue weighted by Gasteiger charge is -2.30. The van der Waals surface area contributed by atoms with Gasteiger partial charge in [-0.3, -0.25) is 4.79 Å². The molecule has 172 valence electrons. The molecule has 1 aromatic heterocycles. The number of alkyl halides is 2. The number of aryl methyl sites for hydroxylation is 2. The lowest BCUT2D eigenvalue weighted by molar-refractivity contribution is -0.0102. The SMILES string of the molecule is Cc1cccc(NC(=O)c2c(C)nc(N3CCNCC3)nc2N2CCCC(F)(F)CC2)c1. The van der Waals surface area contributed by atoms with Crippen LogP contribution in [0.3, 0.4) is 0 Å². The predicted molar refractivity (Wildman–Crippen MR) is 122 cm³/mol. The molecule has 0 saturated carbocycles. The molecule has 2 fully saturated rings. The maximum absolute atomic E-state index is 14.0. The van der Waals surface area contributed by atoms with Crippen LogP contribution in [0.25, 0.3) is 0 Å². The fourth-order valence-corrected chi connectivity index (χ4v) is 4.24. The van der Waals surface area contributed by atoms with Crippen molar-refractivity contribution < 1.29 is 13.6 Å². The number of benzene rings is 1. The molecule has 0 radical (unpaired) electrons. The maximum atomic E-state index is 14.0. The summed E-state index contributed by atoms with van der Waals surface area (Å²) in [5.74, 6) is -2.04. The van der Waals surface area contributed by atoms with Gasteiger partial charge in [0.1, 0.15) is 11.4 Å². The molecule has 1 aromatic carbocycles. The molecule has 7 nitrogen and oxygen atoms in total. The molecule has 2 aliphatic rings. The standard InChI is InChI=1S/C23H30F2N6O/c1-16-5-3-6-18(15-16)28-21(32)19-17(2)27-22(31-13-9-26-10-14-31)29-20(19)30-11-4-7-23(24,25)8-12-30/h3,5-6,15,26H,4,7-14H2,1-2H3,(H,28,32). The van der Waals surface area contributed by atoms with Crippen LogP contribution in [0.5, 0.6) is 0 Å². The summed E-state index contributed by atoms with van der Waals surface area (Å²) in [5, 5.41) is 6.23. The summed E-state index contributed by atoms with van der Waals surface area (Å²) in [6.07, 6.45) is -0.0566. The van der Waals surface area contributed by atoms with Crippen LogP contribution in [-0.2, 0) is 0 Å². The largest absolute Gasteiger partial charge is 0.356 e. The summed E-state index contributed by atoms with van der Waals surface area (Å²) < 4.78 is 28.1. The van der Waals surface area contributed by atoms with E-state index in [2.05, 4.69) is 20.5 Å². The zero-order valence-electron chi connectivity index (χ0n) is 18.6. The third kappa shape index (κ3) is 5.15. The molecule has 2 aromatic rings. The van der Waals surface area contributed by atoms with Crippen LogP contribution in [0.15, 0.2) is 24.3 Å². The Kier molecular flexibility index (Phi) is 6.55. The van der Waals surface area contributed by atoms with Gasteiger partial charge in [0.25, 0.3) is 5.91 Å². The van der Waals surface area contributed by atoms with Crippen molar-refractivity contribution in [2.75, 3.05) is 54.4 Å². The van der Waals surface area contributed by atoms with Gasteiger partial charge in [-0.25, -0.2) is 13.8 Å². The number of carbonyl (C=O) groups is 1. The summed E-state index contributed by atoms with van der Waals surface area (Å²) in [6.45, 7) is 7.47. The van der Waals surface area contributed by atoms with Gasteiger partial charge in [-0.05, 0) is 38.0 Å². The highest BCUT2D eigenvalue weighted by Crippen LogP contribution is 2.32. The molecule has 1 amide bonds. The smallest absolute Gasteiger partial charge is 0.261 e. The van der Waals surface area contributed by atoms with Crippen molar-refractivity contribution in [3.05, 3.63) is 41.1 Å². The first-order chi connectivity index (χ1) is 15.3. The fraction of sp³-hybridized carbons (Fsp3) is 0.522. The average molecular weight is 445 g/mol. The molecule has 4 rings (SSSR count). The van der Waals surface area contributed by atoms with E-state index in [-0.39, 0.29) is 25.3 Å². The third-order valence-electron chi connectivity index (χ3n) is 5.98. The number of piperazine rings is 1. The zero-order chi connectivity index (χ0) is 22.7. The highest BCUT2D eigenvalue weighted by atomic mass is 19.3. The van der Waals surface area contributed by atoms with Crippen LogP contribution in [0, 0.1) is 13.8 Å². The zero-order valence-corrected chi connectivity index (χ0v) is 18.6. The van der Waals surface area contributed by atoms with Gasteiger partial charge in [0.15, 0.2) is 0 Å². The summed E-state index contributed by atoms with van der Waals surface area (Å²) in [5.41, 5.74) is 2.59. The quantitative estimate of drug-likeness (QED) is 0.753. The second kappa shape index (κ2) is 9.36. The number of nitrogens with zero attached hydrogens (tertiary/aromatic N) is 4. The van der Waals surface area contributed by atoms with Crippen molar-refractivity contribution >= 4 is 23.4 Å². The lowest BCUT2D eigenvalue weighted by atomic mass is 10.1. The molecule has 32 heavy (non-hydrogen) atoms. The van der Waals surface area contributed by atoms with Gasteiger partial charge in [-0.1, -0.05) is 12.1 Å². The lowest BCUT2D eigenvalue weighted by Crippen LogP contribution is -2.44. The topological polar surface area (TPSA) is 73.4 Å². The molecule has 9 heteroatoms. The number of aromatic nitrogens is 2. The first-order valence-electron chi connectivity index (χ1n) is 11.2. The first-order valence-corrected chi connectivity index (χ1v) is 11.2. The second-order valence-electron chi connectivity index (χ2n) is 8.56. The number of hydrogen-bond donors (Lipinski definition) is 2. The molecule has 2 N–H and O–H groups in total. The van der Waals surface area contributed by atoms with E-state index in [1.54, 1.807) is 6.92 Å². The van der Waals surface area contributed by atoms with E-state index >= 15 is 0 Å². The van der Waals surface area contributed by atoms with E-state index in [0.717, 1.165) is 31.7 Å². The van der Waals surface area contributed by atoms with Crippen molar-refractivity contribution in [2.24, 2.45) is 0 Å². The Hall–Kier alpha value is -2.81. The number of carbonyl (C=O) groups excluding carboxylic acids is 1. The summed E-state index contributed by atoms with van der Waals surface area (Å²) in [6, 6.07) is 7.53. The van der Waals surface area contributed by atoms with E-state index < -0.39 is 5.92 Å². The Balaban J connectivity index is 1.71. The molecule has 0 bridgehead atoms. The van der Waals surface area contributed by atoms with E-state index in [1.807, 2.05) is 36.1 Å². The van der Waals surface area contributed by atoms with Crippen molar-refractivity contribution in [3.8, 4) is 0 Å². The molecule has 0 atom stereocenters. The monoisotopic (exact) mass is 444 g/mol. The van der Waals surface area contributed by atoms with Gasteiger partial charge in [0.2, 0.25) is 11.9 Å². The molecule has 0 spiro atoms. The molecular weight excluding hydrogens is 414 g/mol. The maximum Gasteiger partial charge on any atom is 0.261 e. The van der Waals surface area contributed by atoms with Crippen molar-refractivity contribution in [1.82, 2.24) is 15.3 Å². The van der Waals surface area contributed by atoms with Crippen LogP contribution in [-0.4, -0.2) is 61.1 Å². The number of rotatable bonds is 4. The van der Waals surface area contributed by atoms with E-state index in [9.17, 15) is 13.6 Å². The Morgan fingerprint density at radius 3 is 2.59 bits per heavy atom. The average Bonchev–Trinajstić information content (AvgIpc) is 2.94. The predicted octanol–water partition coefficient (Wildman–Crippen LogP) is 3.38. The van der Waals surface area contributed by atoms with E-state index in [4.69, 9.17) is 4.98 Å². The van der Waals surface area contributed by atoms with E-state index in [0.29, 0.717) is 41.7 Å². The molecule has 0 unspecified atom stereocenters. The van der Waals surface area contributed by atoms with Crippen molar-refractivity contribution in [1.29, 1.82) is 0 Å². The normalized spacial score (nSPS) is 18.9. The van der Waals surface area contributed by atoms with Crippen LogP contribution in [0.2, 0.25) is 0 Å². The molecular formula is C23H30F2N6O. The molecule has 2 aliphatic heterocycles. The highest BCUT2D eigenvalue weighted by Gasteiger charge is 2.34. The Morgan fingerprint density at radius 1 is 1.06 bits per heavy atom. The molecule has 2 saturated heterocycles. The minimum absolute atomic E-state index is 0.148. The molecule has 0 aliphatic carbocycles. The fourth-order valence-electron chi connectivity index (χ4n) is 4.24. The molecule has 3 heterocycles. The minimum atomic E-state index is -2.69. The van der Waals surface area contributed by atoms with Gasteiger partial charge in [-0.15, -0.1) is 0 Å². The number of nitrogens with one attached hydrogen (secondary N) is 2. The Bertz CT molecular complexity index is 977. The summed E-state index contributed by atoms with van der Waals surface area (Å²) in [4.78, 5) is 26.6.